The molecule has 1 saturated heterocycles. The molecule has 0 saturated carbocycles. The third kappa shape index (κ3) is 3.20. The minimum absolute atomic E-state index is 0.321. The maximum atomic E-state index is 11.2. The zero-order valence-corrected chi connectivity index (χ0v) is 10.6. The average Bonchev–Trinajstić information content (AvgIpc) is 2.29. The van der Waals surface area contributed by atoms with Gasteiger partial charge in [-0.2, -0.15) is 0 Å². The minimum Gasteiger partial charge on any atom is -0.462 e. The van der Waals surface area contributed by atoms with Crippen LogP contribution in [0.5, 0.6) is 0 Å². The molecule has 3 heteroatoms. The summed E-state index contributed by atoms with van der Waals surface area (Å²) in [5.74, 6) is 0.235. The second kappa shape index (κ2) is 5.83. The van der Waals surface area contributed by atoms with E-state index in [2.05, 4.69) is 30.8 Å². The number of carbonyl (C=O) groups is 1. The maximum absolute atomic E-state index is 11.2. The molecular formula is C15H18O3. The summed E-state index contributed by atoms with van der Waals surface area (Å²) in [6, 6.07) is 8.43. The Hall–Kier alpha value is -1.61. The van der Waals surface area contributed by atoms with E-state index in [-0.39, 0.29) is 5.97 Å². The van der Waals surface area contributed by atoms with E-state index < -0.39 is 0 Å². The molecule has 1 heterocycles. The fourth-order valence-electron chi connectivity index (χ4n) is 1.77. The van der Waals surface area contributed by atoms with Crippen LogP contribution in [-0.4, -0.2) is 25.8 Å². The fraction of sp³-hybridized carbons (Fsp3) is 0.400. The summed E-state index contributed by atoms with van der Waals surface area (Å²) >= 11 is 0. The number of ether oxygens (including phenoxy) is 2. The van der Waals surface area contributed by atoms with E-state index in [4.69, 9.17) is 9.47 Å². The molecule has 0 radical (unpaired) electrons. The first kappa shape index (κ1) is 12.8. The lowest BCUT2D eigenvalue weighted by Gasteiger charge is -2.26. The number of hydrogen-bond acceptors (Lipinski definition) is 3. The maximum Gasteiger partial charge on any atom is 0.333 e. The third-order valence-corrected chi connectivity index (χ3v) is 3.06. The van der Waals surface area contributed by atoms with Crippen molar-refractivity contribution in [2.75, 3.05) is 19.8 Å². The second-order valence-corrected chi connectivity index (χ2v) is 4.64. The Morgan fingerprint density at radius 2 is 2.06 bits per heavy atom. The molecule has 0 N–H and O–H groups in total. The van der Waals surface area contributed by atoms with Crippen LogP contribution in [0.1, 0.15) is 24.0 Å². The molecule has 96 valence electrons. The van der Waals surface area contributed by atoms with Gasteiger partial charge in [0.25, 0.3) is 0 Å². The van der Waals surface area contributed by atoms with Crippen molar-refractivity contribution in [2.24, 2.45) is 0 Å². The Morgan fingerprint density at radius 3 is 2.56 bits per heavy atom. The summed E-state index contributed by atoms with van der Waals surface area (Å²) in [5, 5.41) is 0. The van der Waals surface area contributed by atoms with E-state index in [1.165, 1.54) is 11.1 Å². The lowest BCUT2D eigenvalue weighted by molar-refractivity contribution is -0.138. The summed E-state index contributed by atoms with van der Waals surface area (Å²) < 4.78 is 10.2. The smallest absolute Gasteiger partial charge is 0.333 e. The summed E-state index contributed by atoms with van der Waals surface area (Å²) in [5.41, 5.74) is 2.94. The highest BCUT2D eigenvalue weighted by atomic mass is 16.5. The van der Waals surface area contributed by atoms with Crippen molar-refractivity contribution < 1.29 is 14.3 Å². The van der Waals surface area contributed by atoms with Crippen molar-refractivity contribution in [1.29, 1.82) is 0 Å². The Morgan fingerprint density at radius 1 is 1.39 bits per heavy atom. The molecule has 0 aromatic heterocycles. The topological polar surface area (TPSA) is 35.5 Å². The van der Waals surface area contributed by atoms with Crippen molar-refractivity contribution >= 4 is 5.97 Å². The molecule has 1 aromatic rings. The van der Waals surface area contributed by atoms with Gasteiger partial charge in [-0.1, -0.05) is 30.8 Å². The molecular weight excluding hydrogens is 228 g/mol. The first-order valence-corrected chi connectivity index (χ1v) is 6.16. The second-order valence-electron chi connectivity index (χ2n) is 4.64. The van der Waals surface area contributed by atoms with Gasteiger partial charge >= 0.3 is 5.97 Å². The molecule has 0 amide bonds. The van der Waals surface area contributed by atoms with E-state index >= 15 is 0 Å². The zero-order chi connectivity index (χ0) is 13.0. The zero-order valence-electron chi connectivity index (χ0n) is 10.6. The van der Waals surface area contributed by atoms with Crippen LogP contribution in [0, 0.1) is 0 Å². The van der Waals surface area contributed by atoms with Crippen LogP contribution in [0.15, 0.2) is 36.4 Å². The van der Waals surface area contributed by atoms with Gasteiger partial charge in [-0.3, -0.25) is 0 Å². The summed E-state index contributed by atoms with van der Waals surface area (Å²) in [4.78, 5) is 11.2. The van der Waals surface area contributed by atoms with Crippen molar-refractivity contribution in [3.8, 4) is 0 Å². The number of benzene rings is 1. The van der Waals surface area contributed by atoms with E-state index in [1.807, 2.05) is 0 Å². The van der Waals surface area contributed by atoms with Gasteiger partial charge in [0.2, 0.25) is 0 Å². The van der Waals surface area contributed by atoms with Crippen molar-refractivity contribution in [1.82, 2.24) is 0 Å². The van der Waals surface area contributed by atoms with E-state index in [0.29, 0.717) is 18.1 Å². The van der Waals surface area contributed by atoms with Gasteiger partial charge < -0.3 is 9.47 Å². The number of carbonyl (C=O) groups excluding carboxylic acids is 1. The molecule has 18 heavy (non-hydrogen) atoms. The number of esters is 1. The van der Waals surface area contributed by atoms with Crippen LogP contribution in [0.2, 0.25) is 0 Å². The summed E-state index contributed by atoms with van der Waals surface area (Å²) in [7, 11) is 0. The van der Waals surface area contributed by atoms with Crippen LogP contribution >= 0.6 is 0 Å². The highest BCUT2D eigenvalue weighted by Crippen LogP contribution is 2.23. The first-order chi connectivity index (χ1) is 8.66. The van der Waals surface area contributed by atoms with Crippen LogP contribution < -0.4 is 0 Å². The Kier molecular flexibility index (Phi) is 4.15. The van der Waals surface area contributed by atoms with Gasteiger partial charge in [0.1, 0.15) is 0 Å². The van der Waals surface area contributed by atoms with Gasteiger partial charge in [0.05, 0.1) is 19.8 Å². The van der Waals surface area contributed by atoms with Crippen molar-refractivity contribution in [3.63, 3.8) is 0 Å². The Balaban J connectivity index is 1.79. The highest BCUT2D eigenvalue weighted by molar-refractivity contribution is 5.86. The van der Waals surface area contributed by atoms with Gasteiger partial charge in [0.15, 0.2) is 0 Å². The standard InChI is InChI=1S/C15H18O3/c1-11(2)15(16)18-8-7-12-3-5-13(6-4-12)14-9-17-10-14/h3-6,14H,1,7-10H2,2H3. The predicted octanol–water partition coefficient (Wildman–Crippen LogP) is 2.46. The molecule has 1 fully saturated rings. The van der Waals surface area contributed by atoms with Crippen LogP contribution in [0.3, 0.4) is 0 Å². The Labute approximate surface area is 107 Å². The molecule has 0 unspecified atom stereocenters. The molecule has 1 aromatic carbocycles. The van der Waals surface area contributed by atoms with Crippen molar-refractivity contribution in [3.05, 3.63) is 47.5 Å². The molecule has 2 rings (SSSR count). The minimum atomic E-state index is -0.321. The Bertz CT molecular complexity index is 430. The molecule has 0 spiro atoms. The van der Waals surface area contributed by atoms with Crippen LogP contribution in [0.4, 0.5) is 0 Å². The lowest BCUT2D eigenvalue weighted by atomic mass is 9.96. The van der Waals surface area contributed by atoms with Crippen LogP contribution in [-0.2, 0) is 20.7 Å². The molecule has 0 aliphatic carbocycles. The molecule has 3 nitrogen and oxygen atoms in total. The quantitative estimate of drug-likeness (QED) is 0.591. The van der Waals surface area contributed by atoms with Crippen molar-refractivity contribution in [2.45, 2.75) is 19.3 Å². The van der Waals surface area contributed by atoms with E-state index in [1.54, 1.807) is 6.92 Å². The fourth-order valence-corrected chi connectivity index (χ4v) is 1.77. The van der Waals surface area contributed by atoms with Gasteiger partial charge in [-0.25, -0.2) is 4.79 Å². The van der Waals surface area contributed by atoms with Gasteiger partial charge in [-0.15, -0.1) is 0 Å². The molecule has 1 aliphatic rings. The van der Waals surface area contributed by atoms with Gasteiger partial charge in [-0.05, 0) is 18.1 Å². The van der Waals surface area contributed by atoms with Crippen LogP contribution in [0.25, 0.3) is 0 Å². The average molecular weight is 246 g/mol. The highest BCUT2D eigenvalue weighted by Gasteiger charge is 2.19. The van der Waals surface area contributed by atoms with E-state index in [0.717, 1.165) is 19.6 Å². The molecule has 0 bridgehead atoms. The largest absolute Gasteiger partial charge is 0.462 e. The van der Waals surface area contributed by atoms with Gasteiger partial charge in [0, 0.05) is 17.9 Å². The monoisotopic (exact) mass is 246 g/mol. The first-order valence-electron chi connectivity index (χ1n) is 6.16. The lowest BCUT2D eigenvalue weighted by Crippen LogP contribution is -2.24. The summed E-state index contributed by atoms with van der Waals surface area (Å²) in [6.45, 7) is 7.25. The number of hydrogen-bond donors (Lipinski definition) is 0. The third-order valence-electron chi connectivity index (χ3n) is 3.06. The predicted molar refractivity (Wildman–Crippen MR) is 69.5 cm³/mol. The van der Waals surface area contributed by atoms with E-state index in [9.17, 15) is 4.79 Å². The SMILES string of the molecule is C=C(C)C(=O)OCCc1ccc(C2COC2)cc1. The molecule has 0 atom stereocenters. The summed E-state index contributed by atoms with van der Waals surface area (Å²) in [6.07, 6.45) is 0.737. The normalized spacial score (nSPS) is 14.9. The molecule has 1 aliphatic heterocycles. The number of rotatable bonds is 5.